The Labute approximate surface area is 159 Å². The van der Waals surface area contributed by atoms with E-state index < -0.39 is 0 Å². The first kappa shape index (κ1) is 18.7. The number of aryl methyl sites for hydroxylation is 1. The highest BCUT2D eigenvalue weighted by molar-refractivity contribution is 7.99. The molecule has 9 heteroatoms. The van der Waals surface area contributed by atoms with Crippen LogP contribution in [0.25, 0.3) is 10.2 Å². The van der Waals surface area contributed by atoms with Gasteiger partial charge >= 0.3 is 0 Å². The summed E-state index contributed by atoms with van der Waals surface area (Å²) in [4.78, 5) is 29.1. The van der Waals surface area contributed by atoms with E-state index in [0.717, 1.165) is 5.69 Å². The van der Waals surface area contributed by atoms with Gasteiger partial charge in [0.25, 0.3) is 5.56 Å². The number of amides is 1. The van der Waals surface area contributed by atoms with Crippen molar-refractivity contribution in [1.82, 2.24) is 19.3 Å². The molecule has 0 saturated heterocycles. The first-order chi connectivity index (χ1) is 12.2. The van der Waals surface area contributed by atoms with Crippen molar-refractivity contribution in [2.45, 2.75) is 31.3 Å². The van der Waals surface area contributed by atoms with Gasteiger partial charge in [0.2, 0.25) is 5.91 Å². The van der Waals surface area contributed by atoms with Crippen molar-refractivity contribution in [2.24, 2.45) is 14.1 Å². The van der Waals surface area contributed by atoms with Crippen LogP contribution in [0.5, 0.6) is 0 Å². The first-order valence-corrected chi connectivity index (χ1v) is 9.95. The molecular formula is C17H21N5O2S2. The number of nitrogens with one attached hydrogen (secondary N) is 1. The van der Waals surface area contributed by atoms with E-state index in [4.69, 9.17) is 0 Å². The lowest BCUT2D eigenvalue weighted by molar-refractivity contribution is -0.113. The van der Waals surface area contributed by atoms with Crippen LogP contribution >= 0.6 is 23.1 Å². The summed E-state index contributed by atoms with van der Waals surface area (Å²) in [5.41, 5.74) is 1.40. The predicted molar refractivity (Wildman–Crippen MR) is 106 cm³/mol. The minimum absolute atomic E-state index is 0.0886. The zero-order chi connectivity index (χ0) is 19.1. The standard InChI is InChI=1S/C17H21N5O2S2/c1-17(2,3)11-8-12(22(5)20-11)19-13(23)9-26-16-18-10-6-7-25-14(10)15(24)21(16)4/h6-8H,9H2,1-5H3,(H,19,23). The number of anilines is 1. The van der Waals surface area contributed by atoms with E-state index in [1.54, 1.807) is 18.8 Å². The van der Waals surface area contributed by atoms with Crippen molar-refractivity contribution in [3.8, 4) is 0 Å². The molecule has 0 aliphatic carbocycles. The molecule has 0 radical (unpaired) electrons. The van der Waals surface area contributed by atoms with Gasteiger partial charge in [-0.2, -0.15) is 5.10 Å². The van der Waals surface area contributed by atoms with E-state index in [2.05, 4.69) is 36.2 Å². The van der Waals surface area contributed by atoms with Gasteiger partial charge < -0.3 is 5.32 Å². The van der Waals surface area contributed by atoms with Crippen molar-refractivity contribution in [1.29, 1.82) is 0 Å². The number of hydrogen-bond acceptors (Lipinski definition) is 6. The SMILES string of the molecule is Cn1nc(C(C)(C)C)cc1NC(=O)CSc1nc2ccsc2c(=O)n1C. The van der Waals surface area contributed by atoms with Gasteiger partial charge in [-0.15, -0.1) is 11.3 Å². The summed E-state index contributed by atoms with van der Waals surface area (Å²) in [6, 6.07) is 3.70. The van der Waals surface area contributed by atoms with Crippen LogP contribution in [-0.4, -0.2) is 31.0 Å². The van der Waals surface area contributed by atoms with Crippen LogP contribution in [0.15, 0.2) is 27.5 Å². The molecule has 3 heterocycles. The third-order valence-corrected chi connectivity index (χ3v) is 5.82. The third-order valence-electron chi connectivity index (χ3n) is 3.89. The largest absolute Gasteiger partial charge is 0.310 e. The number of rotatable bonds is 4. The molecule has 0 bridgehead atoms. The average molecular weight is 392 g/mol. The van der Waals surface area contributed by atoms with E-state index in [0.29, 0.717) is 21.2 Å². The lowest BCUT2D eigenvalue weighted by Crippen LogP contribution is -2.21. The van der Waals surface area contributed by atoms with Gasteiger partial charge in [-0.25, -0.2) is 4.98 Å². The lowest BCUT2D eigenvalue weighted by atomic mass is 9.92. The summed E-state index contributed by atoms with van der Waals surface area (Å²) in [7, 11) is 3.47. The molecule has 3 aromatic rings. The van der Waals surface area contributed by atoms with Crippen molar-refractivity contribution >= 4 is 45.0 Å². The molecule has 0 atom stereocenters. The van der Waals surface area contributed by atoms with Crippen molar-refractivity contribution in [3.63, 3.8) is 0 Å². The minimum Gasteiger partial charge on any atom is -0.310 e. The fourth-order valence-electron chi connectivity index (χ4n) is 2.36. The van der Waals surface area contributed by atoms with E-state index in [1.165, 1.54) is 27.7 Å². The minimum atomic E-state index is -0.168. The molecule has 138 valence electrons. The highest BCUT2D eigenvalue weighted by Gasteiger charge is 2.20. The molecule has 0 unspecified atom stereocenters. The number of nitrogens with zero attached hydrogens (tertiary/aromatic N) is 4. The zero-order valence-electron chi connectivity index (χ0n) is 15.4. The molecule has 1 N–H and O–H groups in total. The van der Waals surface area contributed by atoms with Crippen LogP contribution in [-0.2, 0) is 24.3 Å². The molecule has 3 rings (SSSR count). The third kappa shape index (κ3) is 3.68. The molecule has 26 heavy (non-hydrogen) atoms. The van der Waals surface area contributed by atoms with Gasteiger partial charge in [0, 0.05) is 25.6 Å². The zero-order valence-corrected chi connectivity index (χ0v) is 17.0. The van der Waals surface area contributed by atoms with Crippen molar-refractivity contribution in [2.75, 3.05) is 11.1 Å². The molecule has 0 aromatic carbocycles. The van der Waals surface area contributed by atoms with Crippen LogP contribution in [0.4, 0.5) is 5.82 Å². The highest BCUT2D eigenvalue weighted by atomic mass is 32.2. The topological polar surface area (TPSA) is 81.8 Å². The fraction of sp³-hybridized carbons (Fsp3) is 0.412. The van der Waals surface area contributed by atoms with Crippen LogP contribution in [0.3, 0.4) is 0 Å². The Balaban J connectivity index is 1.71. The monoisotopic (exact) mass is 391 g/mol. The molecule has 0 aliphatic rings. The van der Waals surface area contributed by atoms with Gasteiger partial charge in [-0.05, 0) is 11.4 Å². The number of thiophene rings is 1. The van der Waals surface area contributed by atoms with E-state index in [9.17, 15) is 9.59 Å². The highest BCUT2D eigenvalue weighted by Crippen LogP contribution is 2.24. The van der Waals surface area contributed by atoms with Gasteiger partial charge in [0.1, 0.15) is 10.5 Å². The Morgan fingerprint density at radius 2 is 2.08 bits per heavy atom. The molecular weight excluding hydrogens is 370 g/mol. The Kier molecular flexibility index (Phi) is 4.94. The Morgan fingerprint density at radius 3 is 2.73 bits per heavy atom. The predicted octanol–water partition coefficient (Wildman–Crippen LogP) is 2.76. The Morgan fingerprint density at radius 1 is 1.35 bits per heavy atom. The first-order valence-electron chi connectivity index (χ1n) is 8.08. The quantitative estimate of drug-likeness (QED) is 0.546. The number of carbonyl (C=O) groups is 1. The van der Waals surface area contributed by atoms with Crippen LogP contribution in [0, 0.1) is 0 Å². The maximum atomic E-state index is 12.3. The van der Waals surface area contributed by atoms with E-state index in [1.807, 2.05) is 17.5 Å². The van der Waals surface area contributed by atoms with Gasteiger partial charge in [0.15, 0.2) is 5.16 Å². The van der Waals surface area contributed by atoms with Gasteiger partial charge in [-0.1, -0.05) is 32.5 Å². The normalized spacial score (nSPS) is 11.9. The van der Waals surface area contributed by atoms with Crippen molar-refractivity contribution < 1.29 is 4.79 Å². The Hall–Kier alpha value is -2.13. The second-order valence-electron chi connectivity index (χ2n) is 7.02. The molecule has 0 saturated carbocycles. The second-order valence-corrected chi connectivity index (χ2v) is 8.88. The van der Waals surface area contributed by atoms with Crippen molar-refractivity contribution in [3.05, 3.63) is 33.6 Å². The molecule has 3 aromatic heterocycles. The number of aromatic nitrogens is 4. The maximum absolute atomic E-state index is 12.3. The Bertz CT molecular complexity index is 1030. The number of hydrogen-bond donors (Lipinski definition) is 1. The summed E-state index contributed by atoms with van der Waals surface area (Å²) >= 11 is 2.61. The summed E-state index contributed by atoms with van der Waals surface area (Å²) in [5, 5.41) is 9.68. The maximum Gasteiger partial charge on any atom is 0.271 e. The summed E-state index contributed by atoms with van der Waals surface area (Å²) in [5.74, 6) is 0.639. The average Bonchev–Trinajstić information content (AvgIpc) is 3.16. The smallest absolute Gasteiger partial charge is 0.271 e. The molecule has 0 fully saturated rings. The van der Waals surface area contributed by atoms with Crippen LogP contribution in [0.2, 0.25) is 0 Å². The summed E-state index contributed by atoms with van der Waals surface area (Å²) < 4.78 is 3.78. The second kappa shape index (κ2) is 6.88. The van der Waals surface area contributed by atoms with E-state index >= 15 is 0 Å². The summed E-state index contributed by atoms with van der Waals surface area (Å²) in [6.45, 7) is 6.22. The summed E-state index contributed by atoms with van der Waals surface area (Å²) in [6.07, 6.45) is 0. The number of carbonyl (C=O) groups excluding carboxylic acids is 1. The van der Waals surface area contributed by atoms with Crippen LogP contribution < -0.4 is 10.9 Å². The molecule has 0 spiro atoms. The lowest BCUT2D eigenvalue weighted by Gasteiger charge is -2.13. The number of fused-ring (bicyclic) bond motifs is 1. The van der Waals surface area contributed by atoms with Gasteiger partial charge in [-0.3, -0.25) is 18.8 Å². The molecule has 7 nitrogen and oxygen atoms in total. The fourth-order valence-corrected chi connectivity index (χ4v) is 3.93. The van der Waals surface area contributed by atoms with Gasteiger partial charge in [0.05, 0.1) is 17.0 Å². The molecule has 0 aliphatic heterocycles. The number of thioether (sulfide) groups is 1. The molecule has 1 amide bonds. The van der Waals surface area contributed by atoms with Crippen LogP contribution in [0.1, 0.15) is 26.5 Å². The van der Waals surface area contributed by atoms with E-state index in [-0.39, 0.29) is 22.6 Å².